The average Bonchev–Trinajstić information content (AvgIpc) is 0.898. The van der Waals surface area contributed by atoms with Crippen molar-refractivity contribution in [2.24, 2.45) is 17.8 Å². The predicted octanol–water partition coefficient (Wildman–Crippen LogP) is 29.6. The molecule has 10 rings (SSSR count). The first kappa shape index (κ1) is 80.6. The fourth-order valence-corrected chi connectivity index (χ4v) is 16.0. The van der Waals surface area contributed by atoms with Gasteiger partial charge in [0.15, 0.2) is 0 Å². The maximum atomic E-state index is 4.90. The van der Waals surface area contributed by atoms with Gasteiger partial charge < -0.3 is 0 Å². The van der Waals surface area contributed by atoms with Crippen LogP contribution in [0, 0.1) is 17.8 Å². The lowest BCUT2D eigenvalue weighted by Gasteiger charge is -2.28. The minimum Gasteiger partial charge on any atom is -0.265 e. The maximum Gasteiger partial charge on any atom is 0.0434 e. The van der Waals surface area contributed by atoms with Crippen molar-refractivity contribution < 1.29 is 0 Å². The molecule has 4 nitrogen and oxygen atoms in total. The van der Waals surface area contributed by atoms with E-state index in [0.717, 1.165) is 17.8 Å². The third-order valence-corrected chi connectivity index (χ3v) is 22.7. The number of aryl methyl sites for hydroxylation is 3. The van der Waals surface area contributed by atoms with Crippen molar-refractivity contribution in [3.63, 3.8) is 0 Å². The van der Waals surface area contributed by atoms with Crippen molar-refractivity contribution in [2.75, 3.05) is 0 Å². The molecule has 0 atom stereocenters. The number of unbranched alkanes of at least 4 members (excludes halogenated alkanes) is 21. The van der Waals surface area contributed by atoms with Crippen LogP contribution in [0.2, 0.25) is 0 Å². The molecule has 0 bridgehead atoms. The Hall–Kier alpha value is -5.74. The van der Waals surface area contributed by atoms with E-state index in [1.165, 1.54) is 356 Å². The van der Waals surface area contributed by atoms with Crippen molar-refractivity contribution in [1.82, 2.24) is 19.9 Å². The molecular weight excluding hydrogens is 1200 g/mol. The molecule has 0 aliphatic heterocycles. The molecule has 0 radical (unpaired) electrons. The molecule has 0 unspecified atom stereocenters. The summed E-state index contributed by atoms with van der Waals surface area (Å²) in [7, 11) is 0. The standard InChI is InChI=1S/C31H47N.C30H45N.C29H43N.C5H5N/c1-3-5-7-9-10-12-14-26-15-19-28(20-16-26)30-23-24-31(32-25-30)29-21-17-27(18-22-29)13-11-8-6-4-2;1-3-5-7-9-11-13-25-14-18-27(19-15-25)29-22-23-30(31-24-29)28-20-16-26(17-21-28)12-10-8-6-4-2;1-3-5-7-9-11-24-13-17-26(18-14-24)28-21-22-29(30-23-28)27-19-15-25(16-20-27)12-10-8-6-4-2;1-2-4-6-5-3-1/h15-16,19-20,23-25,27,29H,3-14,17-18,21-22H2,1-2H3;14-15,18-19,22-24,26,28H,3-13,16-17,20-21H2,1-2H3;13-14,17-18,21-23,25,27H,3-12,15-16,19-20H2,1-2H3;1-5H. The predicted molar refractivity (Wildman–Crippen MR) is 431 cm³/mol. The smallest absolute Gasteiger partial charge is 0.0434 e. The van der Waals surface area contributed by atoms with Crippen LogP contribution in [0.3, 0.4) is 0 Å². The lowest BCUT2D eigenvalue weighted by Crippen LogP contribution is -2.14. The Morgan fingerprint density at radius 3 is 0.717 bits per heavy atom. The number of rotatable bonds is 39. The van der Waals surface area contributed by atoms with Gasteiger partial charge in [0.25, 0.3) is 0 Å². The van der Waals surface area contributed by atoms with Gasteiger partial charge >= 0.3 is 0 Å². The Morgan fingerprint density at radius 2 is 0.485 bits per heavy atom. The fraction of sp³-hybridized carbons (Fsp3) is 0.600. The van der Waals surface area contributed by atoms with Gasteiger partial charge in [-0.3, -0.25) is 19.9 Å². The van der Waals surface area contributed by atoms with Gasteiger partial charge in [0, 0.05) is 82.5 Å². The van der Waals surface area contributed by atoms with Crippen LogP contribution in [-0.2, 0) is 19.3 Å². The zero-order valence-corrected chi connectivity index (χ0v) is 64.1. The van der Waals surface area contributed by atoms with Crippen LogP contribution >= 0.6 is 0 Å². The molecule has 3 aliphatic rings. The van der Waals surface area contributed by atoms with Crippen LogP contribution in [0.4, 0.5) is 0 Å². The quantitative estimate of drug-likeness (QED) is 0.0360. The second kappa shape index (κ2) is 50.6. The summed E-state index contributed by atoms with van der Waals surface area (Å²) < 4.78 is 0. The molecule has 4 heterocycles. The van der Waals surface area contributed by atoms with Crippen molar-refractivity contribution in [3.8, 4) is 33.4 Å². The molecule has 3 saturated carbocycles. The van der Waals surface area contributed by atoms with E-state index >= 15 is 0 Å². The minimum atomic E-state index is 0.677. The van der Waals surface area contributed by atoms with E-state index in [0.29, 0.717) is 17.8 Å². The highest BCUT2D eigenvalue weighted by molar-refractivity contribution is 5.64. The van der Waals surface area contributed by atoms with Crippen LogP contribution in [0.25, 0.3) is 33.4 Å². The molecule has 3 fully saturated rings. The Morgan fingerprint density at radius 1 is 0.242 bits per heavy atom. The Kier molecular flexibility index (Phi) is 41.2. The molecule has 4 aromatic heterocycles. The molecular formula is C95H140N4. The Labute approximate surface area is 607 Å². The second-order valence-electron chi connectivity index (χ2n) is 30.7. The summed E-state index contributed by atoms with van der Waals surface area (Å²) in [5.74, 6) is 4.94. The van der Waals surface area contributed by atoms with Gasteiger partial charge in [0.2, 0.25) is 0 Å². The molecule has 99 heavy (non-hydrogen) atoms. The van der Waals surface area contributed by atoms with Gasteiger partial charge in [0.05, 0.1) is 0 Å². The Bertz CT molecular complexity index is 2970. The molecule has 0 spiro atoms. The monoisotopic (exact) mass is 1340 g/mol. The molecule has 3 aliphatic carbocycles. The normalized spacial score (nSPS) is 18.2. The van der Waals surface area contributed by atoms with Crippen molar-refractivity contribution >= 4 is 0 Å². The number of hydrogen-bond acceptors (Lipinski definition) is 4. The van der Waals surface area contributed by atoms with E-state index in [1.807, 2.05) is 18.2 Å². The Balaban J connectivity index is 0.000000200. The molecule has 0 saturated heterocycles. The highest BCUT2D eigenvalue weighted by Crippen LogP contribution is 2.41. The van der Waals surface area contributed by atoms with E-state index in [-0.39, 0.29) is 0 Å². The summed E-state index contributed by atoms with van der Waals surface area (Å²) in [5.41, 5.74) is 16.0. The SMILES string of the molecule is CCCCCCCCc1ccc(-c2ccc(C3CCC(CCCCCC)CC3)nc2)cc1.CCCCCCCc1ccc(-c2ccc(C3CCC(CCCCCC)CC3)nc2)cc1.CCCCCCc1ccc(-c2ccc(C3CCC(CCCCCC)CC3)nc2)cc1.c1ccncc1. The minimum absolute atomic E-state index is 0.677. The summed E-state index contributed by atoms with van der Waals surface area (Å²) in [6.07, 6.45) is 71.4. The third-order valence-electron chi connectivity index (χ3n) is 22.7. The van der Waals surface area contributed by atoms with Crippen molar-refractivity contribution in [1.29, 1.82) is 0 Å². The van der Waals surface area contributed by atoms with Gasteiger partial charge in [-0.2, -0.15) is 0 Å². The molecule has 7 aromatic rings. The molecule has 540 valence electrons. The molecule has 4 heteroatoms. The van der Waals surface area contributed by atoms with Crippen molar-refractivity contribution in [2.45, 2.75) is 348 Å². The fourth-order valence-electron chi connectivity index (χ4n) is 16.0. The first-order valence-corrected chi connectivity index (χ1v) is 41.9. The third kappa shape index (κ3) is 32.0. The van der Waals surface area contributed by atoms with E-state index in [2.05, 4.69) is 174 Å². The molecule has 0 amide bonds. The molecule has 0 N–H and O–H groups in total. The topological polar surface area (TPSA) is 51.6 Å². The number of hydrogen-bond donors (Lipinski definition) is 0. The van der Waals surface area contributed by atoms with Gasteiger partial charge in [0.1, 0.15) is 0 Å². The number of pyridine rings is 4. The summed E-state index contributed by atoms with van der Waals surface area (Å²) in [5, 5.41) is 0. The number of benzene rings is 3. The summed E-state index contributed by atoms with van der Waals surface area (Å²) in [6, 6.07) is 47.0. The van der Waals surface area contributed by atoms with Gasteiger partial charge in [-0.25, -0.2) is 0 Å². The first-order chi connectivity index (χ1) is 48.9. The van der Waals surface area contributed by atoms with E-state index in [1.54, 1.807) is 12.4 Å². The second-order valence-corrected chi connectivity index (χ2v) is 30.7. The van der Waals surface area contributed by atoms with Gasteiger partial charge in [-0.1, -0.05) is 312 Å². The van der Waals surface area contributed by atoms with Crippen LogP contribution in [-0.4, -0.2) is 19.9 Å². The average molecular weight is 1340 g/mol. The van der Waals surface area contributed by atoms with Crippen LogP contribution in [0.1, 0.15) is 363 Å². The summed E-state index contributed by atoms with van der Waals surface area (Å²) in [6.45, 7) is 13.7. The lowest BCUT2D eigenvalue weighted by atomic mass is 9.78. The maximum absolute atomic E-state index is 4.90. The van der Waals surface area contributed by atoms with E-state index < -0.39 is 0 Å². The zero-order chi connectivity index (χ0) is 69.4. The van der Waals surface area contributed by atoms with E-state index in [4.69, 9.17) is 15.0 Å². The zero-order valence-electron chi connectivity index (χ0n) is 64.1. The van der Waals surface area contributed by atoms with Crippen LogP contribution < -0.4 is 0 Å². The summed E-state index contributed by atoms with van der Waals surface area (Å²) >= 11 is 0. The van der Waals surface area contributed by atoms with Gasteiger partial charge in [-0.05, 0) is 197 Å². The van der Waals surface area contributed by atoms with Crippen molar-refractivity contribution in [3.05, 3.63) is 192 Å². The first-order valence-electron chi connectivity index (χ1n) is 41.9. The summed E-state index contributed by atoms with van der Waals surface area (Å²) in [4.78, 5) is 18.5. The van der Waals surface area contributed by atoms with Gasteiger partial charge in [-0.15, -0.1) is 0 Å². The highest BCUT2D eigenvalue weighted by atomic mass is 14.7. The van der Waals surface area contributed by atoms with E-state index in [9.17, 15) is 0 Å². The number of nitrogens with zero attached hydrogens (tertiary/aromatic N) is 4. The largest absolute Gasteiger partial charge is 0.265 e. The van der Waals surface area contributed by atoms with Crippen LogP contribution in [0.15, 0.2) is 158 Å². The lowest BCUT2D eigenvalue weighted by molar-refractivity contribution is 0.299. The highest BCUT2D eigenvalue weighted by Gasteiger charge is 2.26. The van der Waals surface area contributed by atoms with Crippen LogP contribution in [0.5, 0.6) is 0 Å². The number of aromatic nitrogens is 4. The molecule has 3 aromatic carbocycles.